The normalized spacial score (nSPS) is 17.6. The van der Waals surface area contributed by atoms with Crippen molar-refractivity contribution < 1.29 is 9.68 Å². The lowest BCUT2D eigenvalue weighted by atomic mass is 11.0. The molecule has 0 aromatic rings. The molecule has 1 aliphatic heterocycles. The molecule has 7 heavy (non-hydrogen) atoms. The van der Waals surface area contributed by atoms with Crippen LogP contribution in [0.1, 0.15) is 0 Å². The van der Waals surface area contributed by atoms with E-state index in [2.05, 4.69) is 15.3 Å². The number of hydrazine groups is 1. The van der Waals surface area contributed by atoms with Crippen LogP contribution in [0.5, 0.6) is 0 Å². The van der Waals surface area contributed by atoms with Gasteiger partial charge in [0.15, 0.2) is 0 Å². The number of hydroxylamine groups is 1. The van der Waals surface area contributed by atoms with Crippen LogP contribution in [0.15, 0.2) is 12.5 Å². The molecular weight excluding hydrogens is 96.0 g/mol. The van der Waals surface area contributed by atoms with Crippen molar-refractivity contribution in [1.29, 1.82) is 0 Å². The molecule has 1 aliphatic rings. The quantitative estimate of drug-likeness (QED) is 0.496. The van der Waals surface area contributed by atoms with E-state index >= 15 is 0 Å². The Hall–Kier alpha value is -0.740. The molecule has 0 unspecified atom stereocenters. The molecule has 0 aromatic carbocycles. The highest BCUT2D eigenvalue weighted by Gasteiger charge is 1.98. The monoisotopic (exact) mass is 102 g/mol. The van der Waals surface area contributed by atoms with Crippen LogP contribution in [0.3, 0.4) is 0 Å². The van der Waals surface area contributed by atoms with Crippen molar-refractivity contribution >= 4 is 0 Å². The first kappa shape index (κ1) is 4.42. The summed E-state index contributed by atoms with van der Waals surface area (Å²) < 4.78 is 0. The number of rotatable bonds is 1. The molecule has 1 rings (SSSR count). The van der Waals surface area contributed by atoms with E-state index in [0.29, 0.717) is 0 Å². The SMILES string of the molecule is CON1C=CON1. The Kier molecular flexibility index (Phi) is 1.14. The fourth-order valence-corrected chi connectivity index (χ4v) is 0.297. The van der Waals surface area contributed by atoms with E-state index in [-0.39, 0.29) is 0 Å². The first-order valence-electron chi connectivity index (χ1n) is 1.85. The van der Waals surface area contributed by atoms with Gasteiger partial charge in [0.05, 0.1) is 13.3 Å². The Labute approximate surface area is 41.2 Å². The summed E-state index contributed by atoms with van der Waals surface area (Å²) in [6.45, 7) is 0. The van der Waals surface area contributed by atoms with Crippen LogP contribution < -0.4 is 5.59 Å². The van der Waals surface area contributed by atoms with Crippen molar-refractivity contribution in [2.24, 2.45) is 0 Å². The summed E-state index contributed by atoms with van der Waals surface area (Å²) in [5, 5.41) is 1.33. The predicted octanol–water partition coefficient (Wildman–Crippen LogP) is -0.229. The average molecular weight is 102 g/mol. The first-order chi connectivity index (χ1) is 3.43. The molecule has 40 valence electrons. The molecule has 1 N–H and O–H groups in total. The third-order valence-corrected chi connectivity index (χ3v) is 0.604. The molecule has 4 heteroatoms. The van der Waals surface area contributed by atoms with Gasteiger partial charge in [-0.05, 0) is 5.59 Å². The molecule has 0 atom stereocenters. The van der Waals surface area contributed by atoms with Crippen molar-refractivity contribution in [2.45, 2.75) is 0 Å². The van der Waals surface area contributed by atoms with E-state index in [4.69, 9.17) is 0 Å². The molecule has 0 aromatic heterocycles. The zero-order chi connectivity index (χ0) is 5.11. The van der Waals surface area contributed by atoms with Gasteiger partial charge < -0.3 is 4.84 Å². The molecule has 0 fully saturated rings. The molecule has 0 amide bonds. The van der Waals surface area contributed by atoms with Gasteiger partial charge in [0.1, 0.15) is 6.26 Å². The lowest BCUT2D eigenvalue weighted by Crippen LogP contribution is -2.25. The Morgan fingerprint density at radius 2 is 2.71 bits per heavy atom. The van der Waals surface area contributed by atoms with Gasteiger partial charge in [-0.2, -0.15) is 5.17 Å². The minimum absolute atomic E-state index is 1.33. The number of nitrogens with zero attached hydrogens (tertiary/aromatic N) is 1. The van der Waals surface area contributed by atoms with E-state index in [1.54, 1.807) is 6.20 Å². The molecular formula is C3H6N2O2. The fourth-order valence-electron chi connectivity index (χ4n) is 0.297. The third kappa shape index (κ3) is 0.819. The summed E-state index contributed by atoms with van der Waals surface area (Å²) >= 11 is 0. The number of hydrogen-bond donors (Lipinski definition) is 1. The summed E-state index contributed by atoms with van der Waals surface area (Å²) in [5.74, 6) is 0. The summed E-state index contributed by atoms with van der Waals surface area (Å²) in [7, 11) is 1.53. The smallest absolute Gasteiger partial charge is 0.133 e. The van der Waals surface area contributed by atoms with Gasteiger partial charge >= 0.3 is 0 Å². The summed E-state index contributed by atoms with van der Waals surface area (Å²) in [6.07, 6.45) is 3.09. The zero-order valence-corrected chi connectivity index (χ0v) is 3.92. The molecule has 0 bridgehead atoms. The van der Waals surface area contributed by atoms with Crippen LogP contribution in [0.2, 0.25) is 0 Å². The molecule has 0 aliphatic carbocycles. The third-order valence-electron chi connectivity index (χ3n) is 0.604. The Bertz CT molecular complexity index is 83.0. The molecule has 0 radical (unpaired) electrons. The second kappa shape index (κ2) is 1.81. The van der Waals surface area contributed by atoms with Crippen molar-refractivity contribution in [1.82, 2.24) is 10.8 Å². The molecule has 1 heterocycles. The Morgan fingerprint density at radius 3 is 3.00 bits per heavy atom. The molecule has 0 spiro atoms. The second-order valence-corrected chi connectivity index (χ2v) is 1.00. The van der Waals surface area contributed by atoms with Gasteiger partial charge in [-0.15, -0.1) is 0 Å². The first-order valence-corrected chi connectivity index (χ1v) is 1.85. The molecule has 0 saturated carbocycles. The highest BCUT2D eigenvalue weighted by molar-refractivity contribution is 4.69. The second-order valence-electron chi connectivity index (χ2n) is 1.00. The van der Waals surface area contributed by atoms with Crippen molar-refractivity contribution in [3.63, 3.8) is 0 Å². The van der Waals surface area contributed by atoms with E-state index in [1.807, 2.05) is 0 Å². The minimum atomic E-state index is 1.33. The number of nitrogens with one attached hydrogen (secondary N) is 1. The van der Waals surface area contributed by atoms with Gasteiger partial charge in [-0.3, -0.25) is 4.84 Å². The Morgan fingerprint density at radius 1 is 1.86 bits per heavy atom. The fraction of sp³-hybridized carbons (Fsp3) is 0.333. The van der Waals surface area contributed by atoms with Crippen LogP contribution in [-0.2, 0) is 9.68 Å². The lowest BCUT2D eigenvalue weighted by Gasteiger charge is -2.07. The highest BCUT2D eigenvalue weighted by Crippen LogP contribution is 1.90. The zero-order valence-electron chi connectivity index (χ0n) is 3.92. The van der Waals surface area contributed by atoms with Crippen molar-refractivity contribution in [3.8, 4) is 0 Å². The van der Waals surface area contributed by atoms with Crippen LogP contribution in [0.4, 0.5) is 0 Å². The van der Waals surface area contributed by atoms with Crippen molar-refractivity contribution in [2.75, 3.05) is 7.11 Å². The summed E-state index contributed by atoms with van der Waals surface area (Å²) in [6, 6.07) is 0. The highest BCUT2D eigenvalue weighted by atomic mass is 16.8. The summed E-state index contributed by atoms with van der Waals surface area (Å²) in [4.78, 5) is 9.14. The summed E-state index contributed by atoms with van der Waals surface area (Å²) in [5.41, 5.74) is 2.41. The van der Waals surface area contributed by atoms with Gasteiger partial charge in [-0.1, -0.05) is 0 Å². The van der Waals surface area contributed by atoms with Crippen molar-refractivity contribution in [3.05, 3.63) is 12.5 Å². The van der Waals surface area contributed by atoms with Crippen LogP contribution >= 0.6 is 0 Å². The van der Waals surface area contributed by atoms with E-state index < -0.39 is 0 Å². The van der Waals surface area contributed by atoms with Gasteiger partial charge in [0, 0.05) is 0 Å². The standard InChI is InChI=1S/C3H6N2O2/c1-6-5-2-3-7-4-5/h2-4H,1H3. The van der Waals surface area contributed by atoms with Gasteiger partial charge in [-0.25, -0.2) is 0 Å². The topological polar surface area (TPSA) is 33.7 Å². The maximum atomic E-state index is 4.62. The van der Waals surface area contributed by atoms with Crippen LogP contribution in [0.25, 0.3) is 0 Å². The predicted molar refractivity (Wildman–Crippen MR) is 22.2 cm³/mol. The van der Waals surface area contributed by atoms with E-state index in [1.165, 1.54) is 18.5 Å². The lowest BCUT2D eigenvalue weighted by molar-refractivity contribution is -0.184. The molecule has 4 nitrogen and oxygen atoms in total. The van der Waals surface area contributed by atoms with E-state index in [9.17, 15) is 0 Å². The molecule has 0 saturated heterocycles. The van der Waals surface area contributed by atoms with Crippen LogP contribution in [-0.4, -0.2) is 12.3 Å². The van der Waals surface area contributed by atoms with Gasteiger partial charge in [0.25, 0.3) is 0 Å². The average Bonchev–Trinajstić information content (AvgIpc) is 2.14. The maximum absolute atomic E-state index is 4.62. The maximum Gasteiger partial charge on any atom is 0.133 e. The largest absolute Gasteiger partial charge is 0.393 e. The Balaban J connectivity index is 2.28. The van der Waals surface area contributed by atoms with E-state index in [0.717, 1.165) is 0 Å². The van der Waals surface area contributed by atoms with Crippen LogP contribution in [0, 0.1) is 0 Å². The number of hydrogen-bond acceptors (Lipinski definition) is 4. The minimum Gasteiger partial charge on any atom is -0.393 e. The van der Waals surface area contributed by atoms with Gasteiger partial charge in [0.2, 0.25) is 0 Å².